The number of nitrogens with two attached hydrogens (primary N) is 1. The Kier molecular flexibility index (Phi) is 2.69. The van der Waals surface area contributed by atoms with Crippen molar-refractivity contribution in [3.63, 3.8) is 0 Å². The zero-order valence-electron chi connectivity index (χ0n) is 6.99. The van der Waals surface area contributed by atoms with Crippen LogP contribution in [-0.2, 0) is 4.79 Å². The third-order valence-corrected chi connectivity index (χ3v) is 2.56. The van der Waals surface area contributed by atoms with Crippen molar-refractivity contribution in [1.82, 2.24) is 0 Å². The molecule has 0 aromatic carbocycles. The highest BCUT2D eigenvalue weighted by Crippen LogP contribution is 2.30. The lowest BCUT2D eigenvalue weighted by atomic mass is 9.80. The van der Waals surface area contributed by atoms with Crippen LogP contribution in [0.25, 0.3) is 0 Å². The van der Waals surface area contributed by atoms with Crippen molar-refractivity contribution in [2.45, 2.75) is 43.7 Å². The lowest BCUT2D eigenvalue weighted by Crippen LogP contribution is -2.53. The molecule has 0 aromatic heterocycles. The molecule has 0 spiro atoms. The van der Waals surface area contributed by atoms with Crippen LogP contribution in [0.2, 0.25) is 0 Å². The van der Waals surface area contributed by atoms with E-state index in [1.165, 1.54) is 0 Å². The molecule has 1 rings (SSSR count). The molecule has 1 saturated carbocycles. The lowest BCUT2D eigenvalue weighted by molar-refractivity contribution is -0.147. The molecular formula is C8H15NO3. The molecule has 70 valence electrons. The normalized spacial score (nSPS) is 24.8. The van der Waals surface area contributed by atoms with Crippen LogP contribution in [0.15, 0.2) is 0 Å². The van der Waals surface area contributed by atoms with Gasteiger partial charge in [0.25, 0.3) is 0 Å². The number of hydrogen-bond donors (Lipinski definition) is 3. The molecular weight excluding hydrogens is 158 g/mol. The van der Waals surface area contributed by atoms with Crippen LogP contribution < -0.4 is 5.73 Å². The number of hydrogen-bond acceptors (Lipinski definition) is 3. The molecule has 0 aromatic rings. The summed E-state index contributed by atoms with van der Waals surface area (Å²) < 4.78 is 0. The maximum atomic E-state index is 10.5. The number of aliphatic carboxylic acids is 1. The summed E-state index contributed by atoms with van der Waals surface area (Å²) in [5.74, 6) is -1.11. The van der Waals surface area contributed by atoms with Crippen molar-refractivity contribution >= 4 is 5.97 Å². The van der Waals surface area contributed by atoms with Gasteiger partial charge < -0.3 is 15.9 Å². The van der Waals surface area contributed by atoms with E-state index in [9.17, 15) is 9.90 Å². The first-order valence-corrected chi connectivity index (χ1v) is 4.27. The molecule has 0 saturated heterocycles. The number of carboxylic acid groups (broad SMARTS) is 1. The highest BCUT2D eigenvalue weighted by atomic mass is 16.4. The quantitative estimate of drug-likeness (QED) is 0.552. The number of aliphatic hydroxyl groups is 1. The van der Waals surface area contributed by atoms with Gasteiger partial charge in [0.05, 0.1) is 5.60 Å². The number of carboxylic acids is 1. The molecule has 0 amide bonds. The highest BCUT2D eigenvalue weighted by molar-refractivity contribution is 5.74. The second-order valence-corrected chi connectivity index (χ2v) is 3.48. The summed E-state index contributed by atoms with van der Waals surface area (Å²) in [4.78, 5) is 10.5. The zero-order chi connectivity index (χ0) is 9.19. The van der Waals surface area contributed by atoms with Gasteiger partial charge in [-0.1, -0.05) is 19.3 Å². The fourth-order valence-electron chi connectivity index (χ4n) is 1.70. The summed E-state index contributed by atoms with van der Waals surface area (Å²) in [5.41, 5.74) is 4.21. The van der Waals surface area contributed by atoms with Crippen molar-refractivity contribution in [2.75, 3.05) is 0 Å². The molecule has 0 aliphatic heterocycles. The van der Waals surface area contributed by atoms with E-state index in [1.807, 2.05) is 0 Å². The Morgan fingerprint density at radius 2 is 1.83 bits per heavy atom. The predicted molar refractivity (Wildman–Crippen MR) is 43.6 cm³/mol. The van der Waals surface area contributed by atoms with E-state index < -0.39 is 17.6 Å². The molecule has 1 atom stereocenters. The van der Waals surface area contributed by atoms with Gasteiger partial charge in [-0.15, -0.1) is 0 Å². The first-order chi connectivity index (χ1) is 5.56. The van der Waals surface area contributed by atoms with Crippen molar-refractivity contribution in [2.24, 2.45) is 5.73 Å². The van der Waals surface area contributed by atoms with E-state index in [-0.39, 0.29) is 0 Å². The van der Waals surface area contributed by atoms with Crippen LogP contribution in [0, 0.1) is 0 Å². The highest BCUT2D eigenvalue weighted by Gasteiger charge is 2.39. The average molecular weight is 173 g/mol. The summed E-state index contributed by atoms with van der Waals surface area (Å²) in [7, 11) is 0. The molecule has 4 N–H and O–H groups in total. The maximum absolute atomic E-state index is 10.5. The Hall–Kier alpha value is -0.610. The number of carbonyl (C=O) groups is 1. The van der Waals surface area contributed by atoms with E-state index in [0.717, 1.165) is 19.3 Å². The predicted octanol–water partition coefficient (Wildman–Crippen LogP) is 0.0935. The molecule has 1 unspecified atom stereocenters. The fourth-order valence-corrected chi connectivity index (χ4v) is 1.70. The summed E-state index contributed by atoms with van der Waals surface area (Å²) >= 11 is 0. The summed E-state index contributed by atoms with van der Waals surface area (Å²) in [6, 6.07) is -1.13. The van der Waals surface area contributed by atoms with E-state index >= 15 is 0 Å². The molecule has 1 fully saturated rings. The maximum Gasteiger partial charge on any atom is 0.323 e. The third kappa shape index (κ3) is 1.76. The Bertz CT molecular complexity index is 175. The van der Waals surface area contributed by atoms with Crippen molar-refractivity contribution in [3.8, 4) is 0 Å². The summed E-state index contributed by atoms with van der Waals surface area (Å²) in [6.45, 7) is 0. The minimum absolute atomic E-state index is 0.514. The van der Waals surface area contributed by atoms with Gasteiger partial charge in [0, 0.05) is 0 Å². The topological polar surface area (TPSA) is 83.6 Å². The SMILES string of the molecule is NC(C(=O)O)C1(O)CCCCC1. The molecule has 12 heavy (non-hydrogen) atoms. The van der Waals surface area contributed by atoms with Crippen molar-refractivity contribution in [1.29, 1.82) is 0 Å². The minimum atomic E-state index is -1.16. The average Bonchev–Trinajstić information content (AvgIpc) is 2.04. The van der Waals surface area contributed by atoms with Gasteiger partial charge in [0.2, 0.25) is 0 Å². The molecule has 0 radical (unpaired) electrons. The second kappa shape index (κ2) is 3.41. The molecule has 1 aliphatic carbocycles. The van der Waals surface area contributed by atoms with Crippen molar-refractivity contribution < 1.29 is 15.0 Å². The van der Waals surface area contributed by atoms with Gasteiger partial charge in [0.15, 0.2) is 0 Å². The Balaban J connectivity index is 2.62. The Morgan fingerprint density at radius 3 is 2.25 bits per heavy atom. The number of rotatable bonds is 2. The Morgan fingerprint density at radius 1 is 1.33 bits per heavy atom. The smallest absolute Gasteiger partial charge is 0.323 e. The molecule has 0 bridgehead atoms. The molecule has 4 nitrogen and oxygen atoms in total. The molecule has 1 aliphatic rings. The van der Waals surface area contributed by atoms with Crippen LogP contribution in [0.4, 0.5) is 0 Å². The van der Waals surface area contributed by atoms with Crippen LogP contribution >= 0.6 is 0 Å². The molecule has 4 heteroatoms. The van der Waals surface area contributed by atoms with Crippen LogP contribution in [0.1, 0.15) is 32.1 Å². The molecule has 0 heterocycles. The van der Waals surface area contributed by atoms with Crippen LogP contribution in [0.3, 0.4) is 0 Å². The minimum Gasteiger partial charge on any atom is -0.480 e. The first-order valence-electron chi connectivity index (χ1n) is 4.27. The first kappa shape index (κ1) is 9.48. The summed E-state index contributed by atoms with van der Waals surface area (Å²) in [6.07, 6.45) is 3.84. The summed E-state index contributed by atoms with van der Waals surface area (Å²) in [5, 5.41) is 18.4. The van der Waals surface area contributed by atoms with Gasteiger partial charge in [0.1, 0.15) is 6.04 Å². The van der Waals surface area contributed by atoms with Crippen LogP contribution in [0.5, 0.6) is 0 Å². The standard InChI is InChI=1S/C8H15NO3/c9-6(7(10)11)8(12)4-2-1-3-5-8/h6,12H,1-5,9H2,(H,10,11). The van der Waals surface area contributed by atoms with Gasteiger partial charge in [-0.3, -0.25) is 4.79 Å². The van der Waals surface area contributed by atoms with E-state index in [2.05, 4.69) is 0 Å². The fraction of sp³-hybridized carbons (Fsp3) is 0.875. The van der Waals surface area contributed by atoms with Crippen LogP contribution in [-0.4, -0.2) is 27.8 Å². The third-order valence-electron chi connectivity index (χ3n) is 2.56. The lowest BCUT2D eigenvalue weighted by Gasteiger charge is -2.34. The van der Waals surface area contributed by atoms with E-state index in [1.54, 1.807) is 0 Å². The second-order valence-electron chi connectivity index (χ2n) is 3.48. The monoisotopic (exact) mass is 173 g/mol. The van der Waals surface area contributed by atoms with E-state index in [4.69, 9.17) is 10.8 Å². The van der Waals surface area contributed by atoms with E-state index in [0.29, 0.717) is 12.8 Å². The largest absolute Gasteiger partial charge is 0.480 e. The zero-order valence-corrected chi connectivity index (χ0v) is 6.99. The van der Waals surface area contributed by atoms with Gasteiger partial charge in [-0.05, 0) is 12.8 Å². The Labute approximate surface area is 71.4 Å². The van der Waals surface area contributed by atoms with Gasteiger partial charge in [-0.25, -0.2) is 0 Å². The van der Waals surface area contributed by atoms with Gasteiger partial charge in [-0.2, -0.15) is 0 Å². The van der Waals surface area contributed by atoms with Crippen molar-refractivity contribution in [3.05, 3.63) is 0 Å². The van der Waals surface area contributed by atoms with Gasteiger partial charge >= 0.3 is 5.97 Å².